The maximum absolute atomic E-state index is 12.1. The lowest BCUT2D eigenvalue weighted by Gasteiger charge is -2.26. The maximum atomic E-state index is 12.1. The Hall–Kier alpha value is -1.90. The maximum Gasteiger partial charge on any atom is 0.262 e. The van der Waals surface area contributed by atoms with Gasteiger partial charge >= 0.3 is 0 Å². The molecule has 0 aliphatic carbocycles. The number of hydrogen-bond donors (Lipinski definition) is 1. The summed E-state index contributed by atoms with van der Waals surface area (Å²) in [6.45, 7) is 4.34. The second-order valence-corrected chi connectivity index (χ2v) is 9.93. The average molecular weight is 494 g/mol. The molecule has 2 aromatic carbocycles. The topological polar surface area (TPSA) is 71.0 Å². The summed E-state index contributed by atoms with van der Waals surface area (Å²) < 4.78 is 33.3. The van der Waals surface area contributed by atoms with Crippen molar-refractivity contribution in [3.05, 3.63) is 58.6 Å². The zero-order valence-corrected chi connectivity index (χ0v) is 19.4. The first-order valence-electron chi connectivity index (χ1n) is 10.2. The van der Waals surface area contributed by atoms with Crippen molar-refractivity contribution >= 4 is 32.3 Å². The van der Waals surface area contributed by atoms with Crippen molar-refractivity contribution in [1.29, 1.82) is 0 Å². The Morgan fingerprint density at radius 2 is 1.87 bits per heavy atom. The fourth-order valence-electron chi connectivity index (χ4n) is 3.31. The quantitative estimate of drug-likeness (QED) is 0.305. The number of piperidine rings is 1. The fourth-order valence-corrected chi connectivity index (χ4v) is 4.42. The first-order valence-corrected chi connectivity index (χ1v) is 12.5. The molecular weight excluding hydrogens is 466 g/mol. The SMILES string of the molecule is O=S(=O)(NC=NCCCOc1cccc(CN2CCCCC2)c1)c1ccc(Br)cc1. The average Bonchev–Trinajstić information content (AvgIpc) is 2.74. The third-order valence-corrected chi connectivity index (χ3v) is 6.71. The molecule has 1 aliphatic rings. The zero-order valence-electron chi connectivity index (χ0n) is 17.0. The minimum atomic E-state index is -3.59. The standard InChI is InChI=1S/C22H28BrN3O3S/c23-20-8-10-22(11-9-20)30(27,28)25-18-24-12-5-15-29-21-7-4-6-19(16-21)17-26-13-2-1-3-14-26/h4,6-11,16,18H,1-3,5,12-15,17H2,(H,24,25). The van der Waals surface area contributed by atoms with E-state index in [0.717, 1.165) is 16.8 Å². The molecule has 1 aliphatic heterocycles. The molecule has 1 heterocycles. The highest BCUT2D eigenvalue weighted by molar-refractivity contribution is 9.10. The van der Waals surface area contributed by atoms with Crippen LogP contribution < -0.4 is 9.46 Å². The van der Waals surface area contributed by atoms with E-state index in [1.54, 1.807) is 12.1 Å². The number of aliphatic imine (C=N–C) groups is 1. The van der Waals surface area contributed by atoms with Crippen LogP contribution in [0, 0.1) is 0 Å². The number of nitrogens with zero attached hydrogens (tertiary/aromatic N) is 2. The molecule has 0 bridgehead atoms. The molecule has 0 radical (unpaired) electrons. The third-order valence-electron chi connectivity index (χ3n) is 4.88. The lowest BCUT2D eigenvalue weighted by molar-refractivity contribution is 0.220. The van der Waals surface area contributed by atoms with Gasteiger partial charge in [-0.2, -0.15) is 0 Å². The Kier molecular flexibility index (Phi) is 8.72. The number of ether oxygens (including phenoxy) is 1. The van der Waals surface area contributed by atoms with Gasteiger partial charge in [0.05, 0.1) is 17.8 Å². The lowest BCUT2D eigenvalue weighted by Crippen LogP contribution is -2.29. The molecule has 0 saturated carbocycles. The molecule has 0 atom stereocenters. The van der Waals surface area contributed by atoms with Gasteiger partial charge in [-0.25, -0.2) is 8.42 Å². The van der Waals surface area contributed by atoms with Crippen molar-refractivity contribution < 1.29 is 13.2 Å². The van der Waals surface area contributed by atoms with Crippen molar-refractivity contribution in [1.82, 2.24) is 9.62 Å². The molecule has 0 spiro atoms. The van der Waals surface area contributed by atoms with E-state index in [1.165, 1.54) is 56.4 Å². The van der Waals surface area contributed by atoms with Crippen LogP contribution in [0.5, 0.6) is 5.75 Å². The van der Waals surface area contributed by atoms with Crippen LogP contribution in [-0.2, 0) is 16.6 Å². The number of hydrogen-bond acceptors (Lipinski definition) is 5. The molecule has 6 nitrogen and oxygen atoms in total. The molecule has 1 fully saturated rings. The van der Waals surface area contributed by atoms with Crippen molar-refractivity contribution in [3.8, 4) is 5.75 Å². The van der Waals surface area contributed by atoms with Crippen molar-refractivity contribution in [2.75, 3.05) is 26.2 Å². The summed E-state index contributed by atoms with van der Waals surface area (Å²) >= 11 is 3.29. The van der Waals surface area contributed by atoms with Crippen molar-refractivity contribution in [2.24, 2.45) is 4.99 Å². The Balaban J connectivity index is 1.36. The predicted octanol–water partition coefficient (Wildman–Crippen LogP) is 4.21. The van der Waals surface area contributed by atoms with Gasteiger partial charge in [0.15, 0.2) is 0 Å². The Morgan fingerprint density at radius 3 is 2.63 bits per heavy atom. The monoisotopic (exact) mass is 493 g/mol. The van der Waals surface area contributed by atoms with Gasteiger partial charge in [0.2, 0.25) is 0 Å². The normalized spacial score (nSPS) is 15.4. The van der Waals surface area contributed by atoms with Crippen LogP contribution in [0.3, 0.4) is 0 Å². The first kappa shape index (κ1) is 22.8. The zero-order chi connectivity index (χ0) is 21.2. The molecule has 0 aromatic heterocycles. The predicted molar refractivity (Wildman–Crippen MR) is 124 cm³/mol. The van der Waals surface area contributed by atoms with Gasteiger partial charge in [0, 0.05) is 24.0 Å². The molecule has 1 N–H and O–H groups in total. The summed E-state index contributed by atoms with van der Waals surface area (Å²) in [5.74, 6) is 0.865. The second kappa shape index (κ2) is 11.5. The van der Waals surface area contributed by atoms with E-state index in [-0.39, 0.29) is 4.90 Å². The summed E-state index contributed by atoms with van der Waals surface area (Å²) in [6.07, 6.45) is 5.85. The number of rotatable bonds is 10. The van der Waals surface area contributed by atoms with E-state index in [1.807, 2.05) is 12.1 Å². The highest BCUT2D eigenvalue weighted by Gasteiger charge is 2.12. The van der Waals surface area contributed by atoms with Crippen LogP contribution in [0.4, 0.5) is 0 Å². The molecule has 2 aromatic rings. The summed E-state index contributed by atoms with van der Waals surface area (Å²) in [5, 5.41) is 0. The van der Waals surface area contributed by atoms with Crippen LogP contribution >= 0.6 is 15.9 Å². The van der Waals surface area contributed by atoms with E-state index in [0.29, 0.717) is 19.6 Å². The largest absolute Gasteiger partial charge is 0.494 e. The minimum Gasteiger partial charge on any atom is -0.494 e. The molecule has 30 heavy (non-hydrogen) atoms. The molecule has 8 heteroatoms. The molecule has 0 unspecified atom stereocenters. The second-order valence-electron chi connectivity index (χ2n) is 7.30. The van der Waals surface area contributed by atoms with Crippen LogP contribution in [0.2, 0.25) is 0 Å². The number of nitrogens with one attached hydrogen (secondary N) is 1. The highest BCUT2D eigenvalue weighted by Crippen LogP contribution is 2.18. The van der Waals surface area contributed by atoms with E-state index in [2.05, 4.69) is 42.7 Å². The summed E-state index contributed by atoms with van der Waals surface area (Å²) in [7, 11) is -3.59. The van der Waals surface area contributed by atoms with Gasteiger partial charge in [0.1, 0.15) is 5.75 Å². The van der Waals surface area contributed by atoms with Gasteiger partial charge in [-0.1, -0.05) is 34.5 Å². The lowest BCUT2D eigenvalue weighted by atomic mass is 10.1. The van der Waals surface area contributed by atoms with Gasteiger partial charge in [-0.3, -0.25) is 14.6 Å². The molecule has 0 amide bonds. The van der Waals surface area contributed by atoms with Crippen LogP contribution in [0.15, 0.2) is 62.9 Å². The van der Waals surface area contributed by atoms with Gasteiger partial charge in [0.25, 0.3) is 10.0 Å². The van der Waals surface area contributed by atoms with Crippen LogP contribution in [-0.4, -0.2) is 45.9 Å². The van der Waals surface area contributed by atoms with Gasteiger partial charge in [-0.05, 0) is 67.9 Å². The van der Waals surface area contributed by atoms with Crippen LogP contribution in [0.25, 0.3) is 0 Å². The Labute approximate surface area is 187 Å². The van der Waals surface area contributed by atoms with E-state index in [9.17, 15) is 8.42 Å². The fraction of sp³-hybridized carbons (Fsp3) is 0.409. The minimum absolute atomic E-state index is 0.199. The van der Waals surface area contributed by atoms with Crippen molar-refractivity contribution in [3.63, 3.8) is 0 Å². The van der Waals surface area contributed by atoms with Gasteiger partial charge in [-0.15, -0.1) is 0 Å². The highest BCUT2D eigenvalue weighted by atomic mass is 79.9. The summed E-state index contributed by atoms with van der Waals surface area (Å²) in [5.41, 5.74) is 1.27. The molecular formula is C22H28BrN3O3S. The van der Waals surface area contributed by atoms with E-state index < -0.39 is 10.0 Å². The Morgan fingerprint density at radius 1 is 1.10 bits per heavy atom. The van der Waals surface area contributed by atoms with Crippen LogP contribution in [0.1, 0.15) is 31.2 Å². The number of likely N-dealkylation sites (tertiary alicyclic amines) is 1. The molecule has 162 valence electrons. The van der Waals surface area contributed by atoms with Gasteiger partial charge < -0.3 is 4.74 Å². The third kappa shape index (κ3) is 7.41. The smallest absolute Gasteiger partial charge is 0.262 e. The van der Waals surface area contributed by atoms with E-state index in [4.69, 9.17) is 4.74 Å². The summed E-state index contributed by atoms with van der Waals surface area (Å²) in [4.78, 5) is 6.81. The van der Waals surface area contributed by atoms with E-state index >= 15 is 0 Å². The molecule has 3 rings (SSSR count). The molecule has 1 saturated heterocycles. The summed E-state index contributed by atoms with van der Waals surface area (Å²) in [6, 6.07) is 14.7. The number of halogens is 1. The first-order chi connectivity index (χ1) is 14.5. The van der Waals surface area contributed by atoms with Crippen molar-refractivity contribution in [2.45, 2.75) is 37.1 Å². The Bertz CT molecular complexity index is 927. The number of sulfonamides is 1. The number of benzene rings is 2.